The van der Waals surface area contributed by atoms with Gasteiger partial charge in [0.25, 0.3) is 0 Å². The maximum absolute atomic E-state index is 15.3. The van der Waals surface area contributed by atoms with Crippen LogP contribution in [0.4, 0.5) is 4.39 Å². The summed E-state index contributed by atoms with van der Waals surface area (Å²) in [5.74, 6) is 10.2. The fourth-order valence-electron chi connectivity index (χ4n) is 3.76. The number of esters is 3. The summed E-state index contributed by atoms with van der Waals surface area (Å²) >= 11 is 0. The highest BCUT2D eigenvalue weighted by molar-refractivity contribution is 5.91. The van der Waals surface area contributed by atoms with E-state index in [-0.39, 0.29) is 22.5 Å². The molecule has 0 aliphatic rings. The van der Waals surface area contributed by atoms with Crippen molar-refractivity contribution >= 4 is 17.9 Å². The van der Waals surface area contributed by atoms with Crippen molar-refractivity contribution in [3.05, 3.63) is 149 Å². The Bertz CT molecular complexity index is 2030. The van der Waals surface area contributed by atoms with Crippen LogP contribution in [0.25, 0.3) is 11.1 Å². The van der Waals surface area contributed by atoms with Gasteiger partial charge in [0.05, 0.1) is 5.56 Å². The summed E-state index contributed by atoms with van der Waals surface area (Å²) < 4.78 is 31.3. The first kappa shape index (κ1) is 33.5. The minimum atomic E-state index is -0.667. The molecule has 0 saturated carbocycles. The molecule has 0 fully saturated rings. The van der Waals surface area contributed by atoms with Crippen LogP contribution in [0.1, 0.15) is 43.0 Å². The third-order valence-corrected chi connectivity index (χ3v) is 6.34. The quantitative estimate of drug-likeness (QED) is 0.0906. The van der Waals surface area contributed by atoms with Crippen LogP contribution in [0, 0.1) is 29.5 Å². The average Bonchev–Trinajstić information content (AvgIpc) is 3.05. The summed E-state index contributed by atoms with van der Waals surface area (Å²) in [6.07, 6.45) is 0. The summed E-state index contributed by atoms with van der Waals surface area (Å²) in [7, 11) is 0. The van der Waals surface area contributed by atoms with Crippen molar-refractivity contribution < 1.29 is 33.0 Å². The smallest absolute Gasteiger partial charge is 0.338 e. The Balaban J connectivity index is 1.57. The van der Waals surface area contributed by atoms with Crippen LogP contribution in [0.15, 0.2) is 121 Å². The number of hydrogen-bond donors (Lipinski definition) is 0. The lowest BCUT2D eigenvalue weighted by Gasteiger charge is -2.12. The Labute approximate surface area is 272 Å². The van der Waals surface area contributed by atoms with Crippen LogP contribution >= 0.6 is 0 Å². The molecule has 4 rings (SSSR count). The van der Waals surface area contributed by atoms with Gasteiger partial charge in [0, 0.05) is 45.0 Å². The SMILES string of the molecule is C=C(C)C(=O)Oc1ccc(C#Cc2ccc(-c3cc(F)c(C#Cc4ccc(OC(=O)C(=C)C)cc4)cc3OC(=O)C(=C)C)cc2)cc1. The molecule has 0 aliphatic heterocycles. The monoisotopic (exact) mass is 624 g/mol. The molecule has 0 spiro atoms. The second kappa shape index (κ2) is 15.0. The lowest BCUT2D eigenvalue weighted by Crippen LogP contribution is -2.09. The van der Waals surface area contributed by atoms with Crippen LogP contribution in [0.3, 0.4) is 0 Å². The van der Waals surface area contributed by atoms with E-state index in [0.29, 0.717) is 44.9 Å². The molecule has 0 atom stereocenters. The van der Waals surface area contributed by atoms with Crippen LogP contribution in [-0.4, -0.2) is 17.9 Å². The van der Waals surface area contributed by atoms with Crippen molar-refractivity contribution in [2.75, 3.05) is 0 Å². The lowest BCUT2D eigenvalue weighted by molar-refractivity contribution is -0.130. The number of rotatable bonds is 7. The highest BCUT2D eigenvalue weighted by Crippen LogP contribution is 2.33. The van der Waals surface area contributed by atoms with E-state index in [9.17, 15) is 14.4 Å². The van der Waals surface area contributed by atoms with Gasteiger partial charge in [-0.05, 0) is 93.1 Å². The molecular weight excluding hydrogens is 595 g/mol. The maximum Gasteiger partial charge on any atom is 0.338 e. The Morgan fingerprint density at radius 3 is 1.36 bits per heavy atom. The number of hydrogen-bond acceptors (Lipinski definition) is 6. The largest absolute Gasteiger partial charge is 0.423 e. The van der Waals surface area contributed by atoms with Crippen molar-refractivity contribution in [2.45, 2.75) is 20.8 Å². The molecule has 7 heteroatoms. The summed E-state index contributed by atoms with van der Waals surface area (Å²) in [6, 6.07) is 22.8. The second-order valence-electron chi connectivity index (χ2n) is 10.5. The van der Waals surface area contributed by atoms with Gasteiger partial charge >= 0.3 is 17.9 Å². The van der Waals surface area contributed by atoms with E-state index in [0.717, 1.165) is 0 Å². The Morgan fingerprint density at radius 2 is 0.936 bits per heavy atom. The van der Waals surface area contributed by atoms with Gasteiger partial charge in [-0.3, -0.25) is 0 Å². The Hall–Kier alpha value is -6.44. The van der Waals surface area contributed by atoms with Crippen molar-refractivity contribution in [2.24, 2.45) is 0 Å². The molecule has 0 radical (unpaired) electrons. The molecule has 0 unspecified atom stereocenters. The molecular formula is C40H29FO6. The molecule has 0 heterocycles. The molecule has 47 heavy (non-hydrogen) atoms. The lowest BCUT2D eigenvalue weighted by atomic mass is 10.0. The standard InChI is InChI=1S/C40H29FO6/c1-25(2)38(42)45-33-19-12-29(13-20-33)8-7-28-9-16-31(17-10-28)35-24-36(41)32(23-37(35)47-40(44)27(5)6)18-11-30-14-21-34(22-15-30)46-39(43)26(3)4/h9-10,12-17,19-24H,1,3,5H2,2,4,6H3. The van der Waals surface area contributed by atoms with E-state index in [1.54, 1.807) is 86.6 Å². The summed E-state index contributed by atoms with van der Waals surface area (Å²) in [5.41, 5.74) is 3.62. The number of halogens is 1. The zero-order valence-corrected chi connectivity index (χ0v) is 26.0. The van der Waals surface area contributed by atoms with E-state index in [1.807, 2.05) is 0 Å². The fraction of sp³-hybridized carbons (Fsp3) is 0.0750. The summed E-state index contributed by atoms with van der Waals surface area (Å²) in [6.45, 7) is 15.4. The van der Waals surface area contributed by atoms with E-state index in [4.69, 9.17) is 14.2 Å². The molecule has 0 saturated heterocycles. The van der Waals surface area contributed by atoms with Gasteiger partial charge in [-0.1, -0.05) is 55.6 Å². The summed E-state index contributed by atoms with van der Waals surface area (Å²) in [5, 5.41) is 0. The Morgan fingerprint density at radius 1 is 0.553 bits per heavy atom. The highest BCUT2D eigenvalue weighted by atomic mass is 19.1. The Kier molecular flexibility index (Phi) is 10.7. The van der Waals surface area contributed by atoms with E-state index < -0.39 is 23.7 Å². The first-order valence-corrected chi connectivity index (χ1v) is 14.2. The van der Waals surface area contributed by atoms with Gasteiger partial charge in [-0.25, -0.2) is 18.8 Å². The van der Waals surface area contributed by atoms with Gasteiger partial charge in [0.2, 0.25) is 0 Å². The van der Waals surface area contributed by atoms with Crippen molar-refractivity contribution in [1.29, 1.82) is 0 Å². The normalized spacial score (nSPS) is 9.87. The predicted octanol–water partition coefficient (Wildman–Crippen LogP) is 7.74. The zero-order valence-electron chi connectivity index (χ0n) is 26.0. The molecule has 0 aliphatic carbocycles. The van der Waals surface area contributed by atoms with Crippen LogP contribution < -0.4 is 14.2 Å². The minimum Gasteiger partial charge on any atom is -0.423 e. The van der Waals surface area contributed by atoms with E-state index >= 15 is 4.39 Å². The predicted molar refractivity (Wildman–Crippen MR) is 178 cm³/mol. The zero-order chi connectivity index (χ0) is 34.1. The van der Waals surface area contributed by atoms with Crippen LogP contribution in [0.2, 0.25) is 0 Å². The van der Waals surface area contributed by atoms with Crippen LogP contribution in [0.5, 0.6) is 17.2 Å². The third-order valence-electron chi connectivity index (χ3n) is 6.34. The maximum atomic E-state index is 15.3. The van der Waals surface area contributed by atoms with Gasteiger partial charge in [0.1, 0.15) is 23.1 Å². The molecule has 0 bridgehead atoms. The molecule has 4 aromatic carbocycles. The van der Waals surface area contributed by atoms with Crippen molar-refractivity contribution in [1.82, 2.24) is 0 Å². The van der Waals surface area contributed by atoms with Gasteiger partial charge in [-0.2, -0.15) is 0 Å². The van der Waals surface area contributed by atoms with Crippen LogP contribution in [-0.2, 0) is 14.4 Å². The highest BCUT2D eigenvalue weighted by Gasteiger charge is 2.16. The first-order valence-electron chi connectivity index (χ1n) is 14.2. The van der Waals surface area contributed by atoms with Gasteiger partial charge in [-0.15, -0.1) is 0 Å². The van der Waals surface area contributed by atoms with Gasteiger partial charge < -0.3 is 14.2 Å². The molecule has 0 amide bonds. The van der Waals surface area contributed by atoms with Gasteiger partial charge in [0.15, 0.2) is 0 Å². The molecule has 232 valence electrons. The third kappa shape index (κ3) is 9.28. The van der Waals surface area contributed by atoms with E-state index in [1.165, 1.54) is 19.1 Å². The van der Waals surface area contributed by atoms with Crippen molar-refractivity contribution in [3.8, 4) is 52.1 Å². The first-order chi connectivity index (χ1) is 22.4. The van der Waals surface area contributed by atoms with E-state index in [2.05, 4.69) is 43.4 Å². The summed E-state index contributed by atoms with van der Waals surface area (Å²) in [4.78, 5) is 35.9. The number of ether oxygens (including phenoxy) is 3. The molecule has 6 nitrogen and oxygen atoms in total. The number of benzene rings is 4. The molecule has 0 aromatic heterocycles. The topological polar surface area (TPSA) is 78.9 Å². The molecule has 4 aromatic rings. The molecule has 0 N–H and O–H groups in total. The fourth-order valence-corrected chi connectivity index (χ4v) is 3.76. The van der Waals surface area contributed by atoms with Crippen molar-refractivity contribution in [3.63, 3.8) is 0 Å². The minimum absolute atomic E-state index is 0.0129. The number of carbonyl (C=O) groups excluding carboxylic acids is 3. The number of carbonyl (C=O) groups is 3. The average molecular weight is 625 g/mol. The second-order valence-corrected chi connectivity index (χ2v) is 10.5.